The van der Waals surface area contributed by atoms with Gasteiger partial charge in [0.15, 0.2) is 6.10 Å². The fourth-order valence-corrected chi connectivity index (χ4v) is 2.21. The van der Waals surface area contributed by atoms with E-state index in [4.69, 9.17) is 4.74 Å². The molecule has 3 aromatic rings. The van der Waals surface area contributed by atoms with E-state index in [0.29, 0.717) is 12.3 Å². The minimum Gasteiger partial charge on any atom is -0.481 e. The van der Waals surface area contributed by atoms with E-state index >= 15 is 0 Å². The molecule has 0 aliphatic heterocycles. The van der Waals surface area contributed by atoms with Crippen molar-refractivity contribution >= 4 is 11.4 Å². The molecule has 2 heterocycles. The predicted octanol–water partition coefficient (Wildman–Crippen LogP) is 2.42. The van der Waals surface area contributed by atoms with Crippen LogP contribution in [-0.4, -0.2) is 21.6 Å². The van der Waals surface area contributed by atoms with Gasteiger partial charge in [0.2, 0.25) is 0 Å². The largest absolute Gasteiger partial charge is 0.481 e. The molecule has 1 N–H and O–H groups in total. The normalized spacial score (nSPS) is 12.0. The molecule has 1 atom stereocenters. The highest BCUT2D eigenvalue weighted by Crippen LogP contribution is 2.12. The maximum absolute atomic E-state index is 12.1. The summed E-state index contributed by atoms with van der Waals surface area (Å²) in [5, 5.41) is 7.12. The first-order valence-corrected chi connectivity index (χ1v) is 7.15. The Balaban J connectivity index is 1.60. The second kappa shape index (κ2) is 6.30. The van der Waals surface area contributed by atoms with Gasteiger partial charge in [-0.05, 0) is 31.2 Å². The van der Waals surface area contributed by atoms with Gasteiger partial charge >= 0.3 is 0 Å². The van der Waals surface area contributed by atoms with Crippen molar-refractivity contribution in [2.45, 2.75) is 19.6 Å². The van der Waals surface area contributed by atoms with Crippen LogP contribution in [0.25, 0.3) is 5.52 Å². The Kier molecular flexibility index (Phi) is 4.05. The molecule has 5 heteroatoms. The Morgan fingerprint density at radius 2 is 2.00 bits per heavy atom. The number of fused-ring (bicyclic) bond motifs is 1. The van der Waals surface area contributed by atoms with Crippen molar-refractivity contribution in [3.63, 3.8) is 0 Å². The molecule has 0 fully saturated rings. The zero-order valence-electron chi connectivity index (χ0n) is 12.3. The van der Waals surface area contributed by atoms with E-state index in [1.54, 1.807) is 17.6 Å². The van der Waals surface area contributed by atoms with Crippen LogP contribution in [0.4, 0.5) is 0 Å². The average Bonchev–Trinajstić information content (AvgIpc) is 2.97. The van der Waals surface area contributed by atoms with Crippen LogP contribution in [0.3, 0.4) is 0 Å². The van der Waals surface area contributed by atoms with Crippen molar-refractivity contribution in [2.24, 2.45) is 0 Å². The van der Waals surface area contributed by atoms with Crippen molar-refractivity contribution < 1.29 is 9.53 Å². The summed E-state index contributed by atoms with van der Waals surface area (Å²) < 4.78 is 7.38. The Morgan fingerprint density at radius 3 is 2.82 bits per heavy atom. The topological polar surface area (TPSA) is 55.6 Å². The lowest BCUT2D eigenvalue weighted by atomic mass is 10.2. The van der Waals surface area contributed by atoms with Crippen LogP contribution < -0.4 is 10.1 Å². The number of ether oxygens (including phenoxy) is 1. The molecule has 22 heavy (non-hydrogen) atoms. The highest BCUT2D eigenvalue weighted by molar-refractivity contribution is 5.80. The van der Waals surface area contributed by atoms with Gasteiger partial charge < -0.3 is 10.1 Å². The molecule has 1 aromatic carbocycles. The standard InChI is InChI=1S/C17H17N3O2/c1-13(22-15-7-3-2-4-8-15)17(21)18-11-14-12-19-20-10-6-5-9-16(14)20/h2-10,12-13H,11H2,1H3,(H,18,21)/t13-/m1/s1. The molecule has 0 saturated carbocycles. The highest BCUT2D eigenvalue weighted by atomic mass is 16.5. The van der Waals surface area contributed by atoms with E-state index in [1.807, 2.05) is 54.7 Å². The van der Waals surface area contributed by atoms with Gasteiger partial charge in [0, 0.05) is 18.3 Å². The number of aromatic nitrogens is 2. The van der Waals surface area contributed by atoms with E-state index in [1.165, 1.54) is 0 Å². The van der Waals surface area contributed by atoms with Gasteiger partial charge in [0.05, 0.1) is 11.7 Å². The number of para-hydroxylation sites is 1. The summed E-state index contributed by atoms with van der Waals surface area (Å²) in [6.07, 6.45) is 3.09. The van der Waals surface area contributed by atoms with E-state index in [9.17, 15) is 4.79 Å². The summed E-state index contributed by atoms with van der Waals surface area (Å²) in [4.78, 5) is 12.1. The molecular weight excluding hydrogens is 278 g/mol. The maximum Gasteiger partial charge on any atom is 0.261 e. The molecule has 0 spiro atoms. The van der Waals surface area contributed by atoms with Crippen LogP contribution in [0.2, 0.25) is 0 Å². The van der Waals surface area contributed by atoms with Gasteiger partial charge in [0.25, 0.3) is 5.91 Å². The maximum atomic E-state index is 12.1. The number of rotatable bonds is 5. The highest BCUT2D eigenvalue weighted by Gasteiger charge is 2.15. The minimum atomic E-state index is -0.552. The number of amides is 1. The molecule has 0 bridgehead atoms. The van der Waals surface area contributed by atoms with Gasteiger partial charge in [-0.3, -0.25) is 4.79 Å². The summed E-state index contributed by atoms with van der Waals surface area (Å²) in [7, 11) is 0. The first-order valence-electron chi connectivity index (χ1n) is 7.15. The first kappa shape index (κ1) is 14.1. The molecule has 3 rings (SSSR count). The minimum absolute atomic E-state index is 0.154. The summed E-state index contributed by atoms with van der Waals surface area (Å²) >= 11 is 0. The van der Waals surface area contributed by atoms with Crippen LogP contribution in [0.15, 0.2) is 60.9 Å². The molecule has 0 aliphatic rings. The van der Waals surface area contributed by atoms with E-state index in [2.05, 4.69) is 10.4 Å². The number of carbonyl (C=O) groups excluding carboxylic acids is 1. The zero-order chi connectivity index (χ0) is 15.4. The quantitative estimate of drug-likeness (QED) is 0.786. The smallest absolute Gasteiger partial charge is 0.261 e. The predicted molar refractivity (Wildman–Crippen MR) is 83.6 cm³/mol. The summed E-state index contributed by atoms with van der Waals surface area (Å²) in [6, 6.07) is 15.1. The van der Waals surface area contributed by atoms with Crippen LogP contribution in [0, 0.1) is 0 Å². The number of nitrogens with one attached hydrogen (secondary N) is 1. The Hall–Kier alpha value is -2.82. The Morgan fingerprint density at radius 1 is 1.23 bits per heavy atom. The van der Waals surface area contributed by atoms with Crippen LogP contribution in [0.1, 0.15) is 12.5 Å². The van der Waals surface area contributed by atoms with Gasteiger partial charge in [-0.2, -0.15) is 5.10 Å². The third-order valence-electron chi connectivity index (χ3n) is 3.38. The van der Waals surface area contributed by atoms with Crippen LogP contribution >= 0.6 is 0 Å². The molecule has 112 valence electrons. The molecule has 0 unspecified atom stereocenters. The lowest BCUT2D eigenvalue weighted by molar-refractivity contribution is -0.127. The Labute approximate surface area is 128 Å². The summed E-state index contributed by atoms with van der Waals surface area (Å²) in [5.41, 5.74) is 1.96. The number of benzene rings is 1. The van der Waals surface area contributed by atoms with Crippen LogP contribution in [0.5, 0.6) is 5.75 Å². The van der Waals surface area contributed by atoms with Crippen molar-refractivity contribution in [1.82, 2.24) is 14.9 Å². The molecule has 0 aliphatic carbocycles. The Bertz CT molecular complexity index is 768. The van der Waals surface area contributed by atoms with Gasteiger partial charge in [-0.1, -0.05) is 24.3 Å². The number of carbonyl (C=O) groups is 1. The second-order valence-corrected chi connectivity index (χ2v) is 4.99. The molecule has 0 saturated heterocycles. The fourth-order valence-electron chi connectivity index (χ4n) is 2.21. The number of hydrogen-bond donors (Lipinski definition) is 1. The van der Waals surface area contributed by atoms with Gasteiger partial charge in [0.1, 0.15) is 5.75 Å². The van der Waals surface area contributed by atoms with E-state index in [-0.39, 0.29) is 5.91 Å². The summed E-state index contributed by atoms with van der Waals surface area (Å²) in [5.74, 6) is 0.528. The van der Waals surface area contributed by atoms with Crippen molar-refractivity contribution in [1.29, 1.82) is 0 Å². The monoisotopic (exact) mass is 295 g/mol. The molecular formula is C17H17N3O2. The SMILES string of the molecule is C[C@@H](Oc1ccccc1)C(=O)NCc1cnn2ccccc12. The van der Waals surface area contributed by atoms with E-state index < -0.39 is 6.10 Å². The zero-order valence-corrected chi connectivity index (χ0v) is 12.3. The van der Waals surface area contributed by atoms with Crippen LogP contribution in [-0.2, 0) is 11.3 Å². The second-order valence-electron chi connectivity index (χ2n) is 4.99. The summed E-state index contributed by atoms with van der Waals surface area (Å²) in [6.45, 7) is 2.16. The molecule has 5 nitrogen and oxygen atoms in total. The third kappa shape index (κ3) is 3.09. The number of hydrogen-bond acceptors (Lipinski definition) is 3. The lowest BCUT2D eigenvalue weighted by Gasteiger charge is -2.14. The number of nitrogens with zero attached hydrogens (tertiary/aromatic N) is 2. The number of pyridine rings is 1. The van der Waals surface area contributed by atoms with E-state index in [0.717, 1.165) is 11.1 Å². The van der Waals surface area contributed by atoms with Gasteiger partial charge in [-0.25, -0.2) is 4.52 Å². The van der Waals surface area contributed by atoms with Crippen molar-refractivity contribution in [2.75, 3.05) is 0 Å². The first-order chi connectivity index (χ1) is 10.7. The average molecular weight is 295 g/mol. The molecule has 1 amide bonds. The molecule has 0 radical (unpaired) electrons. The third-order valence-corrected chi connectivity index (χ3v) is 3.38. The fraction of sp³-hybridized carbons (Fsp3) is 0.176. The lowest BCUT2D eigenvalue weighted by Crippen LogP contribution is -2.35. The van der Waals surface area contributed by atoms with Crippen molar-refractivity contribution in [3.05, 3.63) is 66.5 Å². The van der Waals surface area contributed by atoms with Gasteiger partial charge in [-0.15, -0.1) is 0 Å². The molecule has 2 aromatic heterocycles. The van der Waals surface area contributed by atoms with Crippen molar-refractivity contribution in [3.8, 4) is 5.75 Å².